The first kappa shape index (κ1) is 27.6. The molecular formula is C30H31ClN2O4S. The smallest absolute Gasteiger partial charge is 0.224 e. The molecule has 0 bridgehead atoms. The van der Waals surface area contributed by atoms with Crippen molar-refractivity contribution >= 4 is 51.6 Å². The second-order valence-corrected chi connectivity index (χ2v) is 10.2. The minimum absolute atomic E-state index is 0.180. The number of halogens is 1. The van der Waals surface area contributed by atoms with Gasteiger partial charge in [0.25, 0.3) is 0 Å². The van der Waals surface area contributed by atoms with E-state index in [1.165, 1.54) is 37.6 Å². The molecule has 1 heterocycles. The number of Topliss-reactive ketones (excluding diaryl/α,β-unsaturated/α-hetero) is 1. The van der Waals surface area contributed by atoms with Crippen LogP contribution in [0, 0.1) is 0 Å². The van der Waals surface area contributed by atoms with Crippen LogP contribution in [0.3, 0.4) is 0 Å². The molecule has 8 heteroatoms. The lowest BCUT2D eigenvalue weighted by molar-refractivity contribution is -0.123. The number of amides is 1. The summed E-state index contributed by atoms with van der Waals surface area (Å²) in [4.78, 5) is 28.3. The molecule has 1 amide bonds. The number of nitrogens with zero attached hydrogens (tertiary/aromatic N) is 2. The third kappa shape index (κ3) is 5.13. The number of methoxy groups -OCH3 is 1. The highest BCUT2D eigenvalue weighted by molar-refractivity contribution is 7.98. The number of hydrogen-bond donors (Lipinski definition) is 0. The number of thioether (sulfide) groups is 1. The molecule has 0 aliphatic carbocycles. The van der Waals surface area contributed by atoms with Crippen LogP contribution in [-0.2, 0) is 16.6 Å². The number of ketones is 1. The molecule has 1 aromatic heterocycles. The van der Waals surface area contributed by atoms with Crippen molar-refractivity contribution in [1.29, 1.82) is 0 Å². The summed E-state index contributed by atoms with van der Waals surface area (Å²) >= 11 is 8.11. The van der Waals surface area contributed by atoms with Crippen molar-refractivity contribution < 1.29 is 19.1 Å². The number of anilines is 1. The summed E-state index contributed by atoms with van der Waals surface area (Å²) in [6, 6.07) is 20.1. The second-order valence-electron chi connectivity index (χ2n) is 9.03. The molecule has 0 fully saturated rings. The molecule has 0 N–H and O–H groups in total. The lowest BCUT2D eigenvalue weighted by atomic mass is 9.99. The minimum atomic E-state index is -0.903. The van der Waals surface area contributed by atoms with Crippen molar-refractivity contribution in [3.8, 4) is 11.5 Å². The van der Waals surface area contributed by atoms with Gasteiger partial charge in [-0.15, -0.1) is 11.8 Å². The van der Waals surface area contributed by atoms with Crippen molar-refractivity contribution in [2.45, 2.75) is 37.9 Å². The lowest BCUT2D eigenvalue weighted by Crippen LogP contribution is -2.37. The molecule has 3 aromatic carbocycles. The van der Waals surface area contributed by atoms with Gasteiger partial charge in [-0.2, -0.15) is 0 Å². The predicted molar refractivity (Wildman–Crippen MR) is 155 cm³/mol. The maximum Gasteiger partial charge on any atom is 0.224 e. The zero-order valence-electron chi connectivity index (χ0n) is 22.3. The number of hydrogen-bond acceptors (Lipinski definition) is 5. The van der Waals surface area contributed by atoms with E-state index in [0.29, 0.717) is 22.2 Å². The van der Waals surface area contributed by atoms with Crippen LogP contribution in [0.25, 0.3) is 10.9 Å². The Kier molecular flexibility index (Phi) is 8.38. The summed E-state index contributed by atoms with van der Waals surface area (Å²) in [5.74, 6) is 0.294. The molecule has 0 saturated carbocycles. The highest BCUT2D eigenvalue weighted by atomic mass is 35.5. The van der Waals surface area contributed by atoms with E-state index in [9.17, 15) is 9.59 Å². The number of para-hydroxylation sites is 1. The van der Waals surface area contributed by atoms with Gasteiger partial charge in [-0.1, -0.05) is 60.1 Å². The molecule has 2 atom stereocenters. The maximum atomic E-state index is 13.4. The zero-order chi connectivity index (χ0) is 27.6. The van der Waals surface area contributed by atoms with Gasteiger partial charge in [-0.25, -0.2) is 0 Å². The number of benzene rings is 3. The van der Waals surface area contributed by atoms with E-state index in [1.54, 1.807) is 12.1 Å². The standard InChI is InChI=1S/C30H31ClN2O4S/c1-18(34)29(28-22-14-10-11-15-24(22)32(4)30(28)38-6)33(20(3)35)25-16-23(31)26(36-5)17-27(25)37-19(2)21-12-8-7-9-13-21/h7-17,19,29H,1-6H3. The first-order valence-corrected chi connectivity index (χ1v) is 13.8. The van der Waals surface area contributed by atoms with Crippen LogP contribution in [0.5, 0.6) is 11.5 Å². The number of carbonyl (C=O) groups is 2. The highest BCUT2D eigenvalue weighted by Crippen LogP contribution is 2.46. The van der Waals surface area contributed by atoms with Crippen molar-refractivity contribution in [3.63, 3.8) is 0 Å². The van der Waals surface area contributed by atoms with Crippen LogP contribution in [0.4, 0.5) is 5.69 Å². The number of ether oxygens (including phenoxy) is 2. The molecule has 0 saturated heterocycles. The van der Waals surface area contributed by atoms with Crippen LogP contribution < -0.4 is 14.4 Å². The van der Waals surface area contributed by atoms with Gasteiger partial charge in [0.1, 0.15) is 23.6 Å². The topological polar surface area (TPSA) is 60.8 Å². The van der Waals surface area contributed by atoms with E-state index in [-0.39, 0.29) is 17.8 Å². The van der Waals surface area contributed by atoms with E-state index in [4.69, 9.17) is 21.1 Å². The Balaban J connectivity index is 1.95. The van der Waals surface area contributed by atoms with Crippen LogP contribution in [0.1, 0.15) is 44.0 Å². The van der Waals surface area contributed by atoms with Gasteiger partial charge in [0.15, 0.2) is 5.78 Å². The Hall–Kier alpha value is -3.42. The van der Waals surface area contributed by atoms with Gasteiger partial charge in [0, 0.05) is 36.5 Å². The predicted octanol–water partition coefficient (Wildman–Crippen LogP) is 7.39. The lowest BCUT2D eigenvalue weighted by Gasteiger charge is -2.32. The first-order chi connectivity index (χ1) is 18.2. The van der Waals surface area contributed by atoms with Crippen molar-refractivity contribution in [2.75, 3.05) is 18.3 Å². The van der Waals surface area contributed by atoms with E-state index in [1.807, 2.05) is 74.8 Å². The number of aryl methyl sites for hydroxylation is 1. The quantitative estimate of drug-likeness (QED) is 0.203. The SMILES string of the molecule is COc1cc(OC(C)c2ccccc2)c(N(C(C)=O)C(C(C)=O)c2c(SC)n(C)c3ccccc23)cc1Cl. The Morgan fingerprint density at radius 2 is 1.66 bits per heavy atom. The Bertz CT molecular complexity index is 1480. The molecule has 2 unspecified atom stereocenters. The normalized spacial score (nSPS) is 12.7. The van der Waals surface area contributed by atoms with Gasteiger partial charge >= 0.3 is 0 Å². The summed E-state index contributed by atoms with van der Waals surface area (Å²) in [5.41, 5.74) is 3.10. The second kappa shape index (κ2) is 11.5. The van der Waals surface area contributed by atoms with Gasteiger partial charge in [0.05, 0.1) is 22.8 Å². The average Bonchev–Trinajstić information content (AvgIpc) is 3.19. The fourth-order valence-electron chi connectivity index (χ4n) is 4.86. The molecule has 0 aliphatic rings. The van der Waals surface area contributed by atoms with E-state index in [2.05, 4.69) is 4.57 Å². The third-order valence-corrected chi connectivity index (χ3v) is 7.78. The van der Waals surface area contributed by atoms with E-state index >= 15 is 0 Å². The molecular weight excluding hydrogens is 520 g/mol. The number of aromatic nitrogens is 1. The zero-order valence-corrected chi connectivity index (χ0v) is 23.9. The van der Waals surface area contributed by atoms with Crippen molar-refractivity contribution in [1.82, 2.24) is 4.57 Å². The molecule has 0 radical (unpaired) electrons. The van der Waals surface area contributed by atoms with Gasteiger partial charge in [-0.3, -0.25) is 14.5 Å². The Labute approximate surface area is 232 Å². The maximum absolute atomic E-state index is 13.4. The average molecular weight is 551 g/mol. The third-order valence-electron chi connectivity index (χ3n) is 6.61. The van der Waals surface area contributed by atoms with Crippen molar-refractivity contribution in [2.24, 2.45) is 7.05 Å². The number of fused-ring (bicyclic) bond motifs is 1. The highest BCUT2D eigenvalue weighted by Gasteiger charge is 2.36. The van der Waals surface area contributed by atoms with Crippen LogP contribution in [0.2, 0.25) is 5.02 Å². The summed E-state index contributed by atoms with van der Waals surface area (Å²) in [6.45, 7) is 4.88. The fourth-order valence-corrected chi connectivity index (χ4v) is 5.91. The van der Waals surface area contributed by atoms with E-state index in [0.717, 1.165) is 27.1 Å². The molecule has 38 heavy (non-hydrogen) atoms. The van der Waals surface area contributed by atoms with E-state index < -0.39 is 6.04 Å². The number of carbonyl (C=O) groups excluding carboxylic acids is 2. The molecule has 6 nitrogen and oxygen atoms in total. The number of rotatable bonds is 9. The van der Waals surface area contributed by atoms with Crippen LogP contribution >= 0.6 is 23.4 Å². The van der Waals surface area contributed by atoms with Crippen LogP contribution in [-0.4, -0.2) is 29.6 Å². The summed E-state index contributed by atoms with van der Waals surface area (Å²) in [7, 11) is 3.49. The molecule has 198 valence electrons. The molecule has 4 aromatic rings. The van der Waals surface area contributed by atoms with Gasteiger partial charge < -0.3 is 14.0 Å². The van der Waals surface area contributed by atoms with Gasteiger partial charge in [-0.05, 0) is 37.8 Å². The minimum Gasteiger partial charge on any atom is -0.495 e. The van der Waals surface area contributed by atoms with Gasteiger partial charge in [0.2, 0.25) is 5.91 Å². The summed E-state index contributed by atoms with van der Waals surface area (Å²) in [6.07, 6.45) is 1.62. The largest absolute Gasteiger partial charge is 0.495 e. The fraction of sp³-hybridized carbons (Fsp3) is 0.267. The first-order valence-electron chi connectivity index (χ1n) is 12.2. The summed E-state index contributed by atoms with van der Waals surface area (Å²) < 4.78 is 13.9. The monoisotopic (exact) mass is 550 g/mol. The Morgan fingerprint density at radius 3 is 2.26 bits per heavy atom. The van der Waals surface area contributed by atoms with Crippen molar-refractivity contribution in [3.05, 3.63) is 82.9 Å². The molecule has 0 aliphatic heterocycles. The summed E-state index contributed by atoms with van der Waals surface area (Å²) in [5, 5.41) is 2.11. The molecule has 4 rings (SSSR count). The Morgan fingerprint density at radius 1 is 1.00 bits per heavy atom. The molecule has 0 spiro atoms. The van der Waals surface area contributed by atoms with Crippen LogP contribution in [0.15, 0.2) is 71.8 Å².